The van der Waals surface area contributed by atoms with Crippen molar-refractivity contribution in [1.29, 1.82) is 0 Å². The summed E-state index contributed by atoms with van der Waals surface area (Å²) in [5.74, 6) is -0.856. The average Bonchev–Trinajstić information content (AvgIpc) is 2.94. The molecular weight excluding hydrogens is 276 g/mol. The van der Waals surface area contributed by atoms with E-state index >= 15 is 0 Å². The summed E-state index contributed by atoms with van der Waals surface area (Å²) in [7, 11) is 0. The molecule has 1 saturated heterocycles. The molecule has 2 rings (SSSR count). The van der Waals surface area contributed by atoms with Gasteiger partial charge in [0.15, 0.2) is 5.69 Å². The van der Waals surface area contributed by atoms with Crippen molar-refractivity contribution < 1.29 is 19.4 Å². The number of rotatable bonds is 5. The van der Waals surface area contributed by atoms with Gasteiger partial charge in [-0.25, -0.2) is 9.59 Å². The first kappa shape index (κ1) is 15.3. The van der Waals surface area contributed by atoms with Crippen molar-refractivity contribution in [3.63, 3.8) is 0 Å². The van der Waals surface area contributed by atoms with Crippen LogP contribution in [0.15, 0.2) is 6.20 Å². The second-order valence-electron chi connectivity index (χ2n) is 5.20. The number of aromatic nitrogens is 3. The number of piperidine rings is 1. The highest BCUT2D eigenvalue weighted by Gasteiger charge is 2.25. The van der Waals surface area contributed by atoms with Crippen LogP contribution in [0.1, 0.15) is 36.7 Å². The van der Waals surface area contributed by atoms with E-state index < -0.39 is 5.97 Å². The van der Waals surface area contributed by atoms with Crippen molar-refractivity contribution in [3.05, 3.63) is 11.9 Å². The number of amides is 1. The molecule has 0 aromatic carbocycles. The van der Waals surface area contributed by atoms with Crippen molar-refractivity contribution in [2.24, 2.45) is 5.92 Å². The van der Waals surface area contributed by atoms with Gasteiger partial charge in [0.1, 0.15) is 0 Å². The van der Waals surface area contributed by atoms with Crippen LogP contribution in [-0.4, -0.2) is 56.8 Å². The fraction of sp³-hybridized carbons (Fsp3) is 0.692. The Labute approximate surface area is 122 Å². The van der Waals surface area contributed by atoms with Crippen molar-refractivity contribution in [2.75, 3.05) is 19.7 Å². The zero-order valence-corrected chi connectivity index (χ0v) is 12.1. The fourth-order valence-corrected chi connectivity index (χ4v) is 2.41. The van der Waals surface area contributed by atoms with Gasteiger partial charge in [-0.2, -0.15) is 0 Å². The predicted octanol–water partition coefficient (Wildman–Crippen LogP) is 1.23. The Morgan fingerprint density at radius 1 is 1.52 bits per heavy atom. The van der Waals surface area contributed by atoms with Gasteiger partial charge in [0.25, 0.3) is 0 Å². The number of ether oxygens (including phenoxy) is 1. The van der Waals surface area contributed by atoms with Crippen molar-refractivity contribution in [3.8, 4) is 0 Å². The van der Waals surface area contributed by atoms with E-state index in [4.69, 9.17) is 9.84 Å². The minimum absolute atomic E-state index is 0.0648. The number of hydrogen-bond acceptors (Lipinski definition) is 5. The summed E-state index contributed by atoms with van der Waals surface area (Å²) < 4.78 is 6.66. The molecule has 1 aliphatic rings. The van der Waals surface area contributed by atoms with Gasteiger partial charge in [-0.1, -0.05) is 12.1 Å². The first-order valence-corrected chi connectivity index (χ1v) is 7.15. The SMILES string of the molecule is CCCOC(=O)N1CCCC(Cn2cc(C(=O)O)nn2)C1. The van der Waals surface area contributed by atoms with Crippen LogP contribution in [0.2, 0.25) is 0 Å². The van der Waals surface area contributed by atoms with E-state index in [0.717, 1.165) is 19.3 Å². The van der Waals surface area contributed by atoms with Crippen LogP contribution in [0.3, 0.4) is 0 Å². The molecular formula is C13H20N4O4. The molecule has 1 unspecified atom stereocenters. The van der Waals surface area contributed by atoms with Crippen LogP contribution in [0.25, 0.3) is 0 Å². The third-order valence-corrected chi connectivity index (χ3v) is 3.41. The smallest absolute Gasteiger partial charge is 0.409 e. The summed E-state index contributed by atoms with van der Waals surface area (Å²) in [5, 5.41) is 16.2. The second kappa shape index (κ2) is 7.05. The largest absolute Gasteiger partial charge is 0.476 e. The number of carbonyl (C=O) groups excluding carboxylic acids is 1. The Hall–Kier alpha value is -2.12. The summed E-state index contributed by atoms with van der Waals surface area (Å²) in [6.45, 7) is 4.25. The van der Waals surface area contributed by atoms with Crippen LogP contribution in [0, 0.1) is 5.92 Å². The Kier molecular flexibility index (Phi) is 5.13. The van der Waals surface area contributed by atoms with Crippen LogP contribution in [0.4, 0.5) is 4.79 Å². The summed E-state index contributed by atoms with van der Waals surface area (Å²) >= 11 is 0. The van der Waals surface area contributed by atoms with Gasteiger partial charge < -0.3 is 14.7 Å². The second-order valence-corrected chi connectivity index (χ2v) is 5.20. The van der Waals surface area contributed by atoms with E-state index in [0.29, 0.717) is 26.2 Å². The molecule has 0 radical (unpaired) electrons. The van der Waals surface area contributed by atoms with Gasteiger partial charge in [-0.15, -0.1) is 5.10 Å². The van der Waals surface area contributed by atoms with Crippen molar-refractivity contribution in [1.82, 2.24) is 19.9 Å². The summed E-state index contributed by atoms with van der Waals surface area (Å²) in [4.78, 5) is 24.3. The molecule has 116 valence electrons. The number of carboxylic acids is 1. The van der Waals surface area contributed by atoms with Gasteiger partial charge in [0, 0.05) is 19.6 Å². The molecule has 2 heterocycles. The molecule has 1 fully saturated rings. The van der Waals surface area contributed by atoms with Crippen LogP contribution in [-0.2, 0) is 11.3 Å². The summed E-state index contributed by atoms with van der Waals surface area (Å²) in [6, 6.07) is 0. The van der Waals surface area contributed by atoms with Gasteiger partial charge in [0.2, 0.25) is 0 Å². The zero-order chi connectivity index (χ0) is 15.2. The lowest BCUT2D eigenvalue weighted by Crippen LogP contribution is -2.41. The Morgan fingerprint density at radius 2 is 2.33 bits per heavy atom. The average molecular weight is 296 g/mol. The van der Waals surface area contributed by atoms with Gasteiger partial charge in [0.05, 0.1) is 12.8 Å². The molecule has 8 nitrogen and oxygen atoms in total. The lowest BCUT2D eigenvalue weighted by molar-refractivity contribution is 0.0690. The van der Waals surface area contributed by atoms with E-state index in [1.807, 2.05) is 6.92 Å². The Morgan fingerprint density at radius 3 is 3.00 bits per heavy atom. The third kappa shape index (κ3) is 4.17. The lowest BCUT2D eigenvalue weighted by atomic mass is 9.98. The molecule has 0 aliphatic carbocycles. The van der Waals surface area contributed by atoms with E-state index in [1.54, 1.807) is 4.90 Å². The molecule has 1 N–H and O–H groups in total. The molecule has 0 bridgehead atoms. The molecule has 1 amide bonds. The molecule has 1 atom stereocenters. The van der Waals surface area contributed by atoms with Gasteiger partial charge >= 0.3 is 12.1 Å². The number of likely N-dealkylation sites (tertiary alicyclic amines) is 1. The topological polar surface area (TPSA) is 97.5 Å². The lowest BCUT2D eigenvalue weighted by Gasteiger charge is -2.31. The maximum Gasteiger partial charge on any atom is 0.409 e. The normalized spacial score (nSPS) is 18.5. The minimum atomic E-state index is -1.09. The van der Waals surface area contributed by atoms with E-state index in [-0.39, 0.29) is 17.7 Å². The summed E-state index contributed by atoms with van der Waals surface area (Å²) in [6.07, 6.45) is 3.83. The first-order chi connectivity index (χ1) is 10.1. The minimum Gasteiger partial charge on any atom is -0.476 e. The quantitative estimate of drug-likeness (QED) is 0.877. The monoisotopic (exact) mass is 296 g/mol. The molecule has 0 spiro atoms. The van der Waals surface area contributed by atoms with E-state index in [9.17, 15) is 9.59 Å². The predicted molar refractivity (Wildman–Crippen MR) is 72.9 cm³/mol. The van der Waals surface area contributed by atoms with Crippen molar-refractivity contribution in [2.45, 2.75) is 32.7 Å². The maximum absolute atomic E-state index is 11.8. The molecule has 0 saturated carbocycles. The highest BCUT2D eigenvalue weighted by Crippen LogP contribution is 2.18. The maximum atomic E-state index is 11.8. The Balaban J connectivity index is 1.88. The van der Waals surface area contributed by atoms with Crippen LogP contribution >= 0.6 is 0 Å². The number of hydrogen-bond donors (Lipinski definition) is 1. The molecule has 1 aromatic rings. The van der Waals surface area contributed by atoms with Crippen molar-refractivity contribution >= 4 is 12.1 Å². The van der Waals surface area contributed by atoms with Gasteiger partial charge in [-0.3, -0.25) is 4.68 Å². The van der Waals surface area contributed by atoms with E-state index in [2.05, 4.69) is 10.3 Å². The number of nitrogens with zero attached hydrogens (tertiary/aromatic N) is 4. The number of carboxylic acid groups (broad SMARTS) is 1. The van der Waals surface area contributed by atoms with Gasteiger partial charge in [-0.05, 0) is 25.2 Å². The molecule has 21 heavy (non-hydrogen) atoms. The Bertz CT molecular complexity index is 502. The number of carbonyl (C=O) groups is 2. The van der Waals surface area contributed by atoms with Crippen LogP contribution in [0.5, 0.6) is 0 Å². The first-order valence-electron chi connectivity index (χ1n) is 7.15. The van der Waals surface area contributed by atoms with E-state index in [1.165, 1.54) is 10.9 Å². The summed E-state index contributed by atoms with van der Waals surface area (Å²) in [5.41, 5.74) is -0.0648. The zero-order valence-electron chi connectivity index (χ0n) is 12.1. The number of aromatic carboxylic acids is 1. The van der Waals surface area contributed by atoms with Crippen LogP contribution < -0.4 is 0 Å². The highest BCUT2D eigenvalue weighted by molar-refractivity contribution is 5.84. The third-order valence-electron chi connectivity index (χ3n) is 3.41. The molecule has 1 aromatic heterocycles. The standard InChI is InChI=1S/C13H20N4O4/c1-2-6-21-13(20)16-5-3-4-10(7-16)8-17-9-11(12(18)19)14-15-17/h9-10H,2-8H2,1H3,(H,18,19). The fourth-order valence-electron chi connectivity index (χ4n) is 2.41. The highest BCUT2D eigenvalue weighted by atomic mass is 16.6. The molecule has 8 heteroatoms. The molecule has 1 aliphatic heterocycles.